The topological polar surface area (TPSA) is 92.9 Å². The first-order valence-corrected chi connectivity index (χ1v) is 9.74. The number of Topliss-reactive ketones (excluding diaryl/α,β-unsaturated/α-hetero) is 1. The fraction of sp³-hybridized carbons (Fsp3) is 0.125. The van der Waals surface area contributed by atoms with Crippen LogP contribution in [0, 0.1) is 12.7 Å². The molecule has 0 bridgehead atoms. The van der Waals surface area contributed by atoms with Gasteiger partial charge in [-0.25, -0.2) is 4.39 Å². The van der Waals surface area contributed by atoms with Gasteiger partial charge in [0.05, 0.1) is 11.6 Å². The first-order valence-electron chi connectivity index (χ1n) is 9.74. The summed E-state index contributed by atoms with van der Waals surface area (Å²) in [7, 11) is 0. The Kier molecular flexibility index (Phi) is 5.59. The summed E-state index contributed by atoms with van der Waals surface area (Å²) in [5.41, 5.74) is 0.609. The number of nitrogens with zero attached hydrogens (tertiary/aromatic N) is 2. The molecular weight excluding hydrogens is 415 g/mol. The van der Waals surface area contributed by atoms with Crippen molar-refractivity contribution < 1.29 is 28.3 Å². The lowest BCUT2D eigenvalue weighted by atomic mass is 9.95. The van der Waals surface area contributed by atoms with Crippen LogP contribution in [-0.2, 0) is 9.59 Å². The summed E-state index contributed by atoms with van der Waals surface area (Å²) in [6.45, 7) is 5.55. The molecule has 1 aromatic heterocycles. The molecule has 8 heteroatoms. The quantitative estimate of drug-likeness (QED) is 0.269. The van der Waals surface area contributed by atoms with Crippen molar-refractivity contribution in [1.82, 2.24) is 5.16 Å². The van der Waals surface area contributed by atoms with E-state index in [0.717, 1.165) is 4.90 Å². The Morgan fingerprint density at radius 1 is 1.22 bits per heavy atom. The Balaban J connectivity index is 1.84. The van der Waals surface area contributed by atoms with Gasteiger partial charge in [-0.3, -0.25) is 14.5 Å². The van der Waals surface area contributed by atoms with Crippen LogP contribution < -0.4 is 9.64 Å². The molecule has 0 radical (unpaired) electrons. The summed E-state index contributed by atoms with van der Waals surface area (Å²) in [6.07, 6.45) is 1.60. The number of aliphatic hydroxyl groups is 1. The molecule has 4 rings (SSSR count). The number of hydrogen-bond donors (Lipinski definition) is 1. The van der Waals surface area contributed by atoms with E-state index < -0.39 is 23.5 Å². The third-order valence-corrected chi connectivity index (χ3v) is 4.99. The number of ether oxygens (including phenoxy) is 1. The molecule has 7 nitrogen and oxygen atoms in total. The van der Waals surface area contributed by atoms with Crippen molar-refractivity contribution in [2.75, 3.05) is 11.5 Å². The molecule has 0 unspecified atom stereocenters. The maximum Gasteiger partial charge on any atom is 0.301 e. The van der Waals surface area contributed by atoms with Crippen molar-refractivity contribution in [2.45, 2.75) is 13.0 Å². The summed E-state index contributed by atoms with van der Waals surface area (Å²) in [5.74, 6) is -1.49. The number of hydrogen-bond acceptors (Lipinski definition) is 6. The van der Waals surface area contributed by atoms with Crippen LogP contribution in [0.4, 0.5) is 10.2 Å². The van der Waals surface area contributed by atoms with Crippen molar-refractivity contribution in [3.63, 3.8) is 0 Å². The van der Waals surface area contributed by atoms with Crippen LogP contribution >= 0.6 is 0 Å². The van der Waals surface area contributed by atoms with Gasteiger partial charge in [0, 0.05) is 11.6 Å². The Morgan fingerprint density at radius 2 is 1.91 bits per heavy atom. The van der Waals surface area contributed by atoms with Gasteiger partial charge in [-0.2, -0.15) is 0 Å². The van der Waals surface area contributed by atoms with Gasteiger partial charge >= 0.3 is 5.91 Å². The number of carbonyl (C=O) groups excluding carboxylic acids is 2. The SMILES string of the molecule is C=CCOc1ccc(/C(O)=C2\C(=O)C(=O)N(c3cc(C)on3)[C@@H]2c2ccc(F)cc2)cc1. The lowest BCUT2D eigenvalue weighted by Crippen LogP contribution is -2.29. The maximum atomic E-state index is 13.5. The number of aliphatic hydroxyl groups excluding tert-OH is 1. The molecule has 2 heterocycles. The van der Waals surface area contributed by atoms with E-state index in [2.05, 4.69) is 11.7 Å². The molecule has 0 saturated carbocycles. The average molecular weight is 434 g/mol. The first-order chi connectivity index (χ1) is 15.4. The summed E-state index contributed by atoms with van der Waals surface area (Å²) < 4.78 is 24.1. The van der Waals surface area contributed by atoms with Crippen molar-refractivity contribution in [3.8, 4) is 5.75 Å². The van der Waals surface area contributed by atoms with Gasteiger partial charge in [0.1, 0.15) is 29.7 Å². The first kappa shape index (κ1) is 21.0. The Morgan fingerprint density at radius 3 is 2.50 bits per heavy atom. The number of anilines is 1. The normalized spacial score (nSPS) is 17.6. The molecule has 0 spiro atoms. The van der Waals surface area contributed by atoms with E-state index in [9.17, 15) is 19.1 Å². The zero-order valence-corrected chi connectivity index (χ0v) is 17.1. The summed E-state index contributed by atoms with van der Waals surface area (Å²) in [6, 6.07) is 12.2. The van der Waals surface area contributed by atoms with E-state index in [-0.39, 0.29) is 17.2 Å². The molecule has 1 aliphatic rings. The number of amides is 1. The molecule has 2 aromatic carbocycles. The highest BCUT2D eigenvalue weighted by Gasteiger charge is 2.48. The fourth-order valence-electron chi connectivity index (χ4n) is 3.52. The van der Waals surface area contributed by atoms with Crippen molar-refractivity contribution in [3.05, 3.63) is 95.5 Å². The number of halogens is 1. The molecule has 1 N–H and O–H groups in total. The Labute approximate surface area is 183 Å². The van der Waals surface area contributed by atoms with Gasteiger partial charge in [0.15, 0.2) is 5.82 Å². The molecule has 1 aliphatic heterocycles. The van der Waals surface area contributed by atoms with E-state index in [4.69, 9.17) is 9.26 Å². The van der Waals surface area contributed by atoms with Gasteiger partial charge in [0.2, 0.25) is 0 Å². The molecule has 1 atom stereocenters. The molecular formula is C24H19FN2O5. The molecule has 1 fully saturated rings. The van der Waals surface area contributed by atoms with Gasteiger partial charge in [-0.1, -0.05) is 29.9 Å². The predicted octanol–water partition coefficient (Wildman–Crippen LogP) is 4.31. The van der Waals surface area contributed by atoms with Crippen molar-refractivity contribution >= 4 is 23.3 Å². The largest absolute Gasteiger partial charge is 0.507 e. The number of aromatic nitrogens is 1. The van der Waals surface area contributed by atoms with E-state index in [1.165, 1.54) is 30.3 Å². The minimum absolute atomic E-state index is 0.117. The van der Waals surface area contributed by atoms with Crippen LogP contribution in [0.2, 0.25) is 0 Å². The molecule has 1 amide bonds. The third kappa shape index (κ3) is 3.78. The zero-order valence-electron chi connectivity index (χ0n) is 17.1. The van der Waals surface area contributed by atoms with Crippen LogP contribution in [0.5, 0.6) is 5.75 Å². The van der Waals surface area contributed by atoms with Gasteiger partial charge in [0.25, 0.3) is 5.78 Å². The predicted molar refractivity (Wildman–Crippen MR) is 115 cm³/mol. The highest BCUT2D eigenvalue weighted by atomic mass is 19.1. The lowest BCUT2D eigenvalue weighted by molar-refractivity contribution is -0.132. The second-order valence-corrected chi connectivity index (χ2v) is 7.14. The number of carbonyl (C=O) groups is 2. The summed E-state index contributed by atoms with van der Waals surface area (Å²) >= 11 is 0. The number of benzene rings is 2. The second-order valence-electron chi connectivity index (χ2n) is 7.14. The number of aryl methyl sites for hydroxylation is 1. The highest BCUT2D eigenvalue weighted by molar-refractivity contribution is 6.51. The Hall–Kier alpha value is -4.20. The Bertz CT molecular complexity index is 1210. The second kappa shape index (κ2) is 8.50. The molecule has 162 valence electrons. The molecule has 0 aliphatic carbocycles. The van der Waals surface area contributed by atoms with Crippen LogP contribution in [-0.4, -0.2) is 28.6 Å². The lowest BCUT2D eigenvalue weighted by Gasteiger charge is -2.22. The summed E-state index contributed by atoms with van der Waals surface area (Å²) in [5, 5.41) is 14.9. The minimum atomic E-state index is -1.02. The molecule has 3 aromatic rings. The highest BCUT2D eigenvalue weighted by Crippen LogP contribution is 2.42. The van der Waals surface area contributed by atoms with Crippen LogP contribution in [0.3, 0.4) is 0 Å². The van der Waals surface area contributed by atoms with E-state index in [1.807, 2.05) is 0 Å². The van der Waals surface area contributed by atoms with E-state index in [0.29, 0.717) is 29.2 Å². The minimum Gasteiger partial charge on any atom is -0.507 e. The van der Waals surface area contributed by atoms with Gasteiger partial charge in [-0.05, 0) is 48.9 Å². The smallest absolute Gasteiger partial charge is 0.301 e. The molecule has 1 saturated heterocycles. The van der Waals surface area contributed by atoms with Crippen LogP contribution in [0.25, 0.3) is 5.76 Å². The van der Waals surface area contributed by atoms with E-state index >= 15 is 0 Å². The van der Waals surface area contributed by atoms with Gasteiger partial charge in [-0.15, -0.1) is 0 Å². The maximum absolute atomic E-state index is 13.5. The molecule has 32 heavy (non-hydrogen) atoms. The fourth-order valence-corrected chi connectivity index (χ4v) is 3.52. The average Bonchev–Trinajstić information content (AvgIpc) is 3.33. The van der Waals surface area contributed by atoms with Crippen LogP contribution in [0.1, 0.15) is 22.9 Å². The van der Waals surface area contributed by atoms with Crippen LogP contribution in [0.15, 0.2) is 77.3 Å². The van der Waals surface area contributed by atoms with Crippen molar-refractivity contribution in [2.24, 2.45) is 0 Å². The zero-order chi connectivity index (χ0) is 22.8. The summed E-state index contributed by atoms with van der Waals surface area (Å²) in [4.78, 5) is 27.1. The van der Waals surface area contributed by atoms with E-state index in [1.54, 1.807) is 37.3 Å². The number of ketones is 1. The monoisotopic (exact) mass is 434 g/mol. The number of rotatable bonds is 6. The van der Waals surface area contributed by atoms with Crippen molar-refractivity contribution in [1.29, 1.82) is 0 Å². The standard InChI is InChI=1S/C24H19FN2O5/c1-3-12-31-18-10-6-16(7-11-18)22(28)20-21(15-4-8-17(25)9-5-15)27(24(30)23(20)29)19-13-14(2)32-26-19/h3-11,13,21,28H,1,12H2,2H3/b22-20+/t21-/m1/s1. The van der Waals surface area contributed by atoms with Gasteiger partial charge < -0.3 is 14.4 Å². The third-order valence-electron chi connectivity index (χ3n) is 4.99.